The minimum Gasteiger partial charge on any atom is -0.488 e. The Labute approximate surface area is 122 Å². The van der Waals surface area contributed by atoms with Crippen LogP contribution in [0.5, 0.6) is 5.75 Å². The molecule has 0 spiro atoms. The summed E-state index contributed by atoms with van der Waals surface area (Å²) >= 11 is 11.9. The average molecular weight is 306 g/mol. The van der Waals surface area contributed by atoms with E-state index in [9.17, 15) is 5.11 Å². The lowest BCUT2D eigenvalue weighted by Gasteiger charge is -2.17. The van der Waals surface area contributed by atoms with Crippen LogP contribution in [-0.4, -0.2) is 43.6 Å². The minimum absolute atomic E-state index is 0.143. The van der Waals surface area contributed by atoms with E-state index in [1.165, 1.54) is 0 Å². The van der Waals surface area contributed by atoms with Crippen LogP contribution in [0.4, 0.5) is 0 Å². The summed E-state index contributed by atoms with van der Waals surface area (Å²) in [6.07, 6.45) is 0.358. The molecule has 0 amide bonds. The van der Waals surface area contributed by atoms with Crippen molar-refractivity contribution in [3.63, 3.8) is 0 Å². The van der Waals surface area contributed by atoms with E-state index in [1.807, 2.05) is 0 Å². The number of ether oxygens (including phenoxy) is 2. The first-order chi connectivity index (χ1) is 9.16. The van der Waals surface area contributed by atoms with Crippen molar-refractivity contribution in [3.05, 3.63) is 28.2 Å². The Morgan fingerprint density at radius 2 is 2.16 bits per heavy atom. The van der Waals surface area contributed by atoms with Crippen molar-refractivity contribution in [1.29, 1.82) is 0 Å². The lowest BCUT2D eigenvalue weighted by molar-refractivity contribution is 0.102. The molecular formula is C13H17Cl2NO3. The largest absolute Gasteiger partial charge is 0.488 e. The van der Waals surface area contributed by atoms with Crippen LogP contribution in [0.3, 0.4) is 0 Å². The summed E-state index contributed by atoms with van der Waals surface area (Å²) in [4.78, 5) is 0. The summed E-state index contributed by atoms with van der Waals surface area (Å²) < 4.78 is 10.7. The molecule has 1 saturated heterocycles. The summed E-state index contributed by atoms with van der Waals surface area (Å²) in [6, 6.07) is 5.46. The molecule has 0 aliphatic carbocycles. The van der Waals surface area contributed by atoms with Gasteiger partial charge in [-0.1, -0.05) is 29.3 Å². The first-order valence-electron chi connectivity index (χ1n) is 6.23. The van der Waals surface area contributed by atoms with Crippen LogP contribution in [-0.2, 0) is 4.74 Å². The van der Waals surface area contributed by atoms with Gasteiger partial charge in [0.25, 0.3) is 0 Å². The van der Waals surface area contributed by atoms with Crippen molar-refractivity contribution < 1.29 is 14.6 Å². The zero-order valence-electron chi connectivity index (χ0n) is 10.4. The Morgan fingerprint density at radius 3 is 2.79 bits per heavy atom. The van der Waals surface area contributed by atoms with Crippen LogP contribution in [0.25, 0.3) is 0 Å². The van der Waals surface area contributed by atoms with Gasteiger partial charge in [-0.3, -0.25) is 0 Å². The molecule has 106 valence electrons. The van der Waals surface area contributed by atoms with Gasteiger partial charge in [0.15, 0.2) is 5.75 Å². The highest BCUT2D eigenvalue weighted by molar-refractivity contribution is 6.37. The topological polar surface area (TPSA) is 50.7 Å². The first kappa shape index (κ1) is 14.9. The number of hydrogen-bond acceptors (Lipinski definition) is 4. The lowest BCUT2D eigenvalue weighted by Crippen LogP contribution is -2.38. The molecule has 2 N–H and O–H groups in total. The highest BCUT2D eigenvalue weighted by Gasteiger charge is 2.17. The van der Waals surface area contributed by atoms with Gasteiger partial charge in [0.2, 0.25) is 0 Å². The number of aliphatic hydroxyl groups is 1. The maximum atomic E-state index is 9.84. The van der Waals surface area contributed by atoms with E-state index >= 15 is 0 Å². The van der Waals surface area contributed by atoms with Crippen LogP contribution in [0.15, 0.2) is 18.2 Å². The maximum absolute atomic E-state index is 9.84. The molecule has 1 fully saturated rings. The molecule has 19 heavy (non-hydrogen) atoms. The fraction of sp³-hybridized carbons (Fsp3) is 0.538. The van der Waals surface area contributed by atoms with Gasteiger partial charge < -0.3 is 19.9 Å². The summed E-state index contributed by atoms with van der Waals surface area (Å²) in [5.74, 6) is 0.411. The van der Waals surface area contributed by atoms with E-state index in [2.05, 4.69) is 5.32 Å². The van der Waals surface area contributed by atoms with Crippen molar-refractivity contribution in [1.82, 2.24) is 5.32 Å². The van der Waals surface area contributed by atoms with Crippen LogP contribution < -0.4 is 10.1 Å². The number of benzene rings is 1. The van der Waals surface area contributed by atoms with Gasteiger partial charge in [-0.25, -0.2) is 0 Å². The second-order valence-electron chi connectivity index (χ2n) is 4.48. The fourth-order valence-corrected chi connectivity index (χ4v) is 2.36. The smallest absolute Gasteiger partial charge is 0.156 e. The van der Waals surface area contributed by atoms with Crippen LogP contribution >= 0.6 is 23.2 Å². The zero-order chi connectivity index (χ0) is 13.7. The van der Waals surface area contributed by atoms with Gasteiger partial charge >= 0.3 is 0 Å². The number of nitrogens with one attached hydrogen (secondary N) is 1. The standard InChI is InChI=1S/C13H17Cl2NO3/c14-11-2-1-3-12(15)13(11)19-8-10(17)6-16-9-4-5-18-7-9/h1-3,9-10,16-17H,4-8H2. The second-order valence-corrected chi connectivity index (χ2v) is 5.30. The van der Waals surface area contributed by atoms with Crippen LogP contribution in [0.2, 0.25) is 10.0 Å². The van der Waals surface area contributed by atoms with Gasteiger partial charge in [0.1, 0.15) is 12.7 Å². The molecule has 1 aromatic carbocycles. The molecule has 1 heterocycles. The number of rotatable bonds is 6. The molecule has 2 rings (SSSR count). The zero-order valence-corrected chi connectivity index (χ0v) is 12.0. The lowest BCUT2D eigenvalue weighted by atomic mass is 10.2. The van der Waals surface area contributed by atoms with Crippen molar-refractivity contribution in [2.45, 2.75) is 18.6 Å². The summed E-state index contributed by atoms with van der Waals surface area (Å²) in [5, 5.41) is 13.9. The minimum atomic E-state index is -0.618. The molecule has 2 atom stereocenters. The highest BCUT2D eigenvalue weighted by atomic mass is 35.5. The van der Waals surface area contributed by atoms with E-state index in [1.54, 1.807) is 18.2 Å². The molecule has 2 unspecified atom stereocenters. The Kier molecular flexibility index (Phi) is 5.73. The molecule has 1 aliphatic heterocycles. The molecule has 0 aromatic heterocycles. The van der Waals surface area contributed by atoms with Crippen molar-refractivity contribution >= 4 is 23.2 Å². The number of aliphatic hydroxyl groups excluding tert-OH is 1. The van der Waals surface area contributed by atoms with Gasteiger partial charge in [0.05, 0.1) is 16.7 Å². The number of para-hydroxylation sites is 1. The van der Waals surface area contributed by atoms with E-state index in [0.29, 0.717) is 35.0 Å². The monoisotopic (exact) mass is 305 g/mol. The van der Waals surface area contributed by atoms with Crippen molar-refractivity contribution in [2.75, 3.05) is 26.4 Å². The Hall–Kier alpha value is -0.520. The molecule has 4 nitrogen and oxygen atoms in total. The third-order valence-electron chi connectivity index (χ3n) is 2.91. The van der Waals surface area contributed by atoms with Crippen molar-refractivity contribution in [3.8, 4) is 5.75 Å². The Bertz CT molecular complexity index is 391. The van der Waals surface area contributed by atoms with Crippen LogP contribution in [0.1, 0.15) is 6.42 Å². The number of hydrogen-bond donors (Lipinski definition) is 2. The Balaban J connectivity index is 1.75. The summed E-state index contributed by atoms with van der Waals surface area (Å²) in [5.41, 5.74) is 0. The highest BCUT2D eigenvalue weighted by Crippen LogP contribution is 2.32. The van der Waals surface area contributed by atoms with Gasteiger partial charge in [-0.05, 0) is 18.6 Å². The molecule has 1 aromatic rings. The normalized spacial score (nSPS) is 20.5. The van der Waals surface area contributed by atoms with Gasteiger partial charge in [0, 0.05) is 19.2 Å². The average Bonchev–Trinajstić information content (AvgIpc) is 2.89. The molecule has 0 bridgehead atoms. The number of halogens is 2. The summed E-state index contributed by atoms with van der Waals surface area (Å²) in [7, 11) is 0. The van der Waals surface area contributed by atoms with Gasteiger partial charge in [-0.15, -0.1) is 0 Å². The van der Waals surface area contributed by atoms with E-state index in [-0.39, 0.29) is 6.61 Å². The molecule has 1 aliphatic rings. The van der Waals surface area contributed by atoms with E-state index < -0.39 is 6.10 Å². The Morgan fingerprint density at radius 1 is 1.42 bits per heavy atom. The third-order valence-corrected chi connectivity index (χ3v) is 3.51. The maximum Gasteiger partial charge on any atom is 0.156 e. The van der Waals surface area contributed by atoms with E-state index in [4.69, 9.17) is 32.7 Å². The second kappa shape index (κ2) is 7.31. The molecule has 0 saturated carbocycles. The SMILES string of the molecule is OC(CNC1CCOC1)COc1c(Cl)cccc1Cl. The predicted octanol–water partition coefficient (Wildman–Crippen LogP) is 2.11. The molecular weight excluding hydrogens is 289 g/mol. The fourth-order valence-electron chi connectivity index (χ4n) is 1.86. The molecule has 0 radical (unpaired) electrons. The van der Waals surface area contributed by atoms with E-state index in [0.717, 1.165) is 13.0 Å². The third kappa shape index (κ3) is 4.51. The summed E-state index contributed by atoms with van der Waals surface area (Å²) in [6.45, 7) is 2.07. The first-order valence-corrected chi connectivity index (χ1v) is 6.98. The van der Waals surface area contributed by atoms with Crippen molar-refractivity contribution in [2.24, 2.45) is 0 Å². The predicted molar refractivity (Wildman–Crippen MR) is 75.2 cm³/mol. The van der Waals surface area contributed by atoms with Gasteiger partial charge in [-0.2, -0.15) is 0 Å². The quantitative estimate of drug-likeness (QED) is 0.845. The molecule has 6 heteroatoms. The van der Waals surface area contributed by atoms with Crippen LogP contribution in [0, 0.1) is 0 Å².